The van der Waals surface area contributed by atoms with Crippen molar-refractivity contribution in [2.24, 2.45) is 0 Å². The van der Waals surface area contributed by atoms with Crippen LogP contribution in [0.15, 0.2) is 36.4 Å². The van der Waals surface area contributed by atoms with Crippen LogP contribution in [0.2, 0.25) is 10.0 Å². The Morgan fingerprint density at radius 3 is 2.14 bits per heavy atom. The van der Waals surface area contributed by atoms with Gasteiger partial charge in [-0.3, -0.25) is 9.59 Å². The number of hydrogen-bond acceptors (Lipinski definition) is 3. The van der Waals surface area contributed by atoms with E-state index in [1.54, 1.807) is 6.07 Å². The first-order valence-electron chi connectivity index (χ1n) is 6.12. The lowest BCUT2D eigenvalue weighted by Gasteiger charge is -2.16. The maximum Gasteiger partial charge on any atom is 0.335 e. The molecule has 0 bridgehead atoms. The van der Waals surface area contributed by atoms with E-state index in [-0.39, 0.29) is 32.4 Å². The zero-order chi connectivity index (χ0) is 16.0. The maximum atomic E-state index is 12.5. The number of imide groups is 1. The van der Waals surface area contributed by atoms with Crippen LogP contribution in [-0.4, -0.2) is 22.9 Å². The third kappa shape index (κ3) is 2.06. The molecule has 2 aromatic rings. The van der Waals surface area contributed by atoms with E-state index in [0.29, 0.717) is 0 Å². The van der Waals surface area contributed by atoms with E-state index in [9.17, 15) is 14.4 Å². The van der Waals surface area contributed by atoms with Crippen LogP contribution in [0, 0.1) is 0 Å². The number of rotatable bonds is 2. The van der Waals surface area contributed by atoms with Crippen molar-refractivity contribution in [2.75, 3.05) is 4.90 Å². The highest BCUT2D eigenvalue weighted by molar-refractivity contribution is 6.44. The van der Waals surface area contributed by atoms with E-state index < -0.39 is 17.8 Å². The molecule has 1 aliphatic heterocycles. The minimum Gasteiger partial charge on any atom is -0.478 e. The molecule has 1 heterocycles. The number of amides is 2. The number of anilines is 1. The summed E-state index contributed by atoms with van der Waals surface area (Å²) in [5, 5.41) is 9.29. The van der Waals surface area contributed by atoms with Crippen molar-refractivity contribution >= 4 is 46.7 Å². The molecular formula is C15H7Cl2NO4. The van der Waals surface area contributed by atoms with Crippen LogP contribution in [0.5, 0.6) is 0 Å². The third-order valence-corrected chi connectivity index (χ3v) is 3.90. The van der Waals surface area contributed by atoms with Gasteiger partial charge in [-0.15, -0.1) is 0 Å². The molecule has 0 atom stereocenters. The molecule has 0 saturated heterocycles. The topological polar surface area (TPSA) is 74.7 Å². The molecular weight excluding hydrogens is 329 g/mol. The highest BCUT2D eigenvalue weighted by Gasteiger charge is 2.39. The lowest BCUT2D eigenvalue weighted by atomic mass is 10.1. The van der Waals surface area contributed by atoms with E-state index in [4.69, 9.17) is 28.3 Å². The van der Waals surface area contributed by atoms with Crippen molar-refractivity contribution < 1.29 is 19.5 Å². The molecule has 0 fully saturated rings. The summed E-state index contributed by atoms with van der Waals surface area (Å²) in [5.74, 6) is -2.43. The highest BCUT2D eigenvalue weighted by Crippen LogP contribution is 2.38. The fraction of sp³-hybridized carbons (Fsp3) is 0. The Hall–Kier alpha value is -2.37. The quantitative estimate of drug-likeness (QED) is 0.852. The summed E-state index contributed by atoms with van der Waals surface area (Å²) in [6.45, 7) is 0. The Balaban J connectivity index is 2.17. The molecule has 0 spiro atoms. The molecule has 0 radical (unpaired) electrons. The molecule has 5 nitrogen and oxygen atoms in total. The Morgan fingerprint density at radius 2 is 1.55 bits per heavy atom. The second-order valence-electron chi connectivity index (χ2n) is 4.58. The van der Waals surface area contributed by atoms with Crippen molar-refractivity contribution in [2.45, 2.75) is 0 Å². The molecule has 22 heavy (non-hydrogen) atoms. The Morgan fingerprint density at radius 1 is 0.955 bits per heavy atom. The van der Waals surface area contributed by atoms with Crippen LogP contribution in [0.3, 0.4) is 0 Å². The van der Waals surface area contributed by atoms with E-state index in [1.807, 2.05) is 0 Å². The van der Waals surface area contributed by atoms with Crippen molar-refractivity contribution in [3.8, 4) is 0 Å². The Kier molecular flexibility index (Phi) is 3.39. The molecule has 1 N–H and O–H groups in total. The number of aromatic carboxylic acids is 1. The first-order chi connectivity index (χ1) is 10.4. The molecule has 0 aromatic heterocycles. The lowest BCUT2D eigenvalue weighted by molar-refractivity contribution is 0.0696. The number of carboxylic acid groups (broad SMARTS) is 1. The lowest BCUT2D eigenvalue weighted by Crippen LogP contribution is -2.29. The van der Waals surface area contributed by atoms with Crippen LogP contribution in [0.25, 0.3) is 0 Å². The normalized spacial score (nSPS) is 13.5. The van der Waals surface area contributed by atoms with Crippen molar-refractivity contribution in [3.63, 3.8) is 0 Å². The minimum atomic E-state index is -1.18. The van der Waals surface area contributed by atoms with Gasteiger partial charge in [-0.25, -0.2) is 9.69 Å². The maximum absolute atomic E-state index is 12.5. The van der Waals surface area contributed by atoms with Gasteiger partial charge in [-0.2, -0.15) is 0 Å². The molecule has 110 valence electrons. The number of halogens is 2. The van der Waals surface area contributed by atoms with Gasteiger partial charge in [-0.05, 0) is 30.3 Å². The van der Waals surface area contributed by atoms with Gasteiger partial charge >= 0.3 is 5.97 Å². The number of carbonyl (C=O) groups excluding carboxylic acids is 2. The van der Waals surface area contributed by atoms with E-state index >= 15 is 0 Å². The Labute approximate surface area is 134 Å². The number of para-hydroxylation sites is 1. The van der Waals surface area contributed by atoms with Crippen LogP contribution in [-0.2, 0) is 0 Å². The smallest absolute Gasteiger partial charge is 0.335 e. The minimum absolute atomic E-state index is 0.0147. The van der Waals surface area contributed by atoms with E-state index in [2.05, 4.69) is 0 Å². The fourth-order valence-electron chi connectivity index (χ4n) is 2.28. The van der Waals surface area contributed by atoms with E-state index in [0.717, 1.165) is 4.90 Å². The number of hydrogen-bond donors (Lipinski definition) is 1. The summed E-state index contributed by atoms with van der Waals surface area (Å²) < 4.78 is 0. The summed E-state index contributed by atoms with van der Waals surface area (Å²) in [5.41, 5.74) is 0.146. The zero-order valence-corrected chi connectivity index (χ0v) is 12.4. The molecule has 0 aliphatic carbocycles. The summed E-state index contributed by atoms with van der Waals surface area (Å²) in [4.78, 5) is 36.8. The molecule has 2 amide bonds. The van der Waals surface area contributed by atoms with Crippen molar-refractivity contribution in [3.05, 3.63) is 63.1 Å². The molecule has 0 unspecified atom stereocenters. The monoisotopic (exact) mass is 335 g/mol. The summed E-state index contributed by atoms with van der Waals surface area (Å²) in [6, 6.07) is 8.36. The standard InChI is InChI=1S/C15H7Cl2NO4/c16-10-2-1-3-11(17)12(10)18-13(19)8-5-4-7(15(21)22)6-9(8)14(18)20/h1-6H,(H,21,22). The van der Waals surface area contributed by atoms with Crippen LogP contribution >= 0.6 is 23.2 Å². The number of carboxylic acids is 1. The first kappa shape index (κ1) is 14.6. The second kappa shape index (κ2) is 5.12. The second-order valence-corrected chi connectivity index (χ2v) is 5.40. The number of carbonyl (C=O) groups is 3. The average Bonchev–Trinajstić information content (AvgIpc) is 2.72. The van der Waals surface area contributed by atoms with Gasteiger partial charge in [0.15, 0.2) is 0 Å². The Bertz CT molecular complexity index is 827. The first-order valence-corrected chi connectivity index (χ1v) is 6.87. The molecule has 3 rings (SSSR count). The van der Waals surface area contributed by atoms with Gasteiger partial charge in [0.2, 0.25) is 0 Å². The number of benzene rings is 2. The largest absolute Gasteiger partial charge is 0.478 e. The van der Waals surface area contributed by atoms with Gasteiger partial charge in [0.05, 0.1) is 32.4 Å². The van der Waals surface area contributed by atoms with Crippen LogP contribution < -0.4 is 4.90 Å². The van der Waals surface area contributed by atoms with Gasteiger partial charge < -0.3 is 5.11 Å². The molecule has 0 saturated carbocycles. The zero-order valence-electron chi connectivity index (χ0n) is 10.8. The molecule has 2 aromatic carbocycles. The highest BCUT2D eigenvalue weighted by atomic mass is 35.5. The van der Waals surface area contributed by atoms with Crippen molar-refractivity contribution in [1.29, 1.82) is 0 Å². The number of nitrogens with zero attached hydrogens (tertiary/aromatic N) is 1. The predicted molar refractivity (Wildman–Crippen MR) is 81.0 cm³/mol. The van der Waals surface area contributed by atoms with Gasteiger partial charge in [0.25, 0.3) is 11.8 Å². The fourth-order valence-corrected chi connectivity index (χ4v) is 2.85. The van der Waals surface area contributed by atoms with Gasteiger partial charge in [0.1, 0.15) is 0 Å². The predicted octanol–water partition coefficient (Wildman–Crippen LogP) is 3.49. The number of fused-ring (bicyclic) bond motifs is 1. The van der Waals surface area contributed by atoms with Gasteiger partial charge in [-0.1, -0.05) is 29.3 Å². The average molecular weight is 336 g/mol. The van der Waals surface area contributed by atoms with Crippen molar-refractivity contribution in [1.82, 2.24) is 0 Å². The van der Waals surface area contributed by atoms with E-state index in [1.165, 1.54) is 30.3 Å². The molecule has 1 aliphatic rings. The summed E-state index contributed by atoms with van der Waals surface area (Å²) in [7, 11) is 0. The SMILES string of the molecule is O=C(O)c1ccc2c(c1)C(=O)N(c1c(Cl)cccc1Cl)C2=O. The van der Waals surface area contributed by atoms with Crippen LogP contribution in [0.1, 0.15) is 31.1 Å². The summed E-state index contributed by atoms with van der Waals surface area (Å²) >= 11 is 12.1. The van der Waals surface area contributed by atoms with Crippen LogP contribution in [0.4, 0.5) is 5.69 Å². The third-order valence-electron chi connectivity index (χ3n) is 3.29. The van der Waals surface area contributed by atoms with Gasteiger partial charge in [0, 0.05) is 0 Å². The molecule has 7 heteroatoms. The summed E-state index contributed by atoms with van der Waals surface area (Å²) in [6.07, 6.45) is 0.